The molecule has 0 spiro atoms. The predicted octanol–water partition coefficient (Wildman–Crippen LogP) is 3.23. The SMILES string of the molecule is Cc1cc(C(=O)NC(C)c2c(-c3ccc(Cl)cc3)noc2C(=O)O)nn1C. The van der Waals surface area contributed by atoms with Crippen molar-refractivity contribution in [2.24, 2.45) is 7.05 Å². The van der Waals surface area contributed by atoms with Crippen molar-refractivity contribution in [2.75, 3.05) is 0 Å². The maximum atomic E-state index is 12.5. The van der Waals surface area contributed by atoms with Crippen molar-refractivity contribution in [3.63, 3.8) is 0 Å². The number of aryl methyl sites for hydroxylation is 2. The van der Waals surface area contributed by atoms with Crippen molar-refractivity contribution in [2.45, 2.75) is 19.9 Å². The smallest absolute Gasteiger partial charge is 0.375 e. The number of hydrogen-bond acceptors (Lipinski definition) is 5. The Kier molecular flexibility index (Phi) is 5.00. The van der Waals surface area contributed by atoms with E-state index in [1.807, 2.05) is 6.92 Å². The maximum absolute atomic E-state index is 12.5. The molecule has 140 valence electrons. The monoisotopic (exact) mass is 388 g/mol. The molecule has 0 aliphatic carbocycles. The zero-order chi connectivity index (χ0) is 19.7. The number of aromatic carboxylic acids is 1. The first kappa shape index (κ1) is 18.7. The summed E-state index contributed by atoms with van der Waals surface area (Å²) in [5, 5.41) is 20.7. The average Bonchev–Trinajstić information content (AvgIpc) is 3.20. The molecule has 1 atom stereocenters. The van der Waals surface area contributed by atoms with Gasteiger partial charge in [-0.25, -0.2) is 4.79 Å². The van der Waals surface area contributed by atoms with E-state index in [-0.39, 0.29) is 17.0 Å². The van der Waals surface area contributed by atoms with E-state index in [0.717, 1.165) is 5.69 Å². The Morgan fingerprint density at radius 3 is 2.52 bits per heavy atom. The Labute approximate surface area is 159 Å². The molecule has 2 N–H and O–H groups in total. The lowest BCUT2D eigenvalue weighted by Gasteiger charge is -2.13. The van der Waals surface area contributed by atoms with Gasteiger partial charge in [0.1, 0.15) is 11.4 Å². The molecule has 3 rings (SSSR count). The third kappa shape index (κ3) is 3.70. The molecule has 9 heteroatoms. The highest BCUT2D eigenvalue weighted by molar-refractivity contribution is 6.30. The number of rotatable bonds is 5. The summed E-state index contributed by atoms with van der Waals surface area (Å²) in [7, 11) is 1.73. The van der Waals surface area contributed by atoms with Crippen LogP contribution < -0.4 is 5.32 Å². The van der Waals surface area contributed by atoms with Crippen molar-refractivity contribution in [3.05, 3.63) is 58.1 Å². The van der Waals surface area contributed by atoms with Crippen LogP contribution in [0.1, 0.15) is 45.3 Å². The van der Waals surface area contributed by atoms with E-state index in [1.54, 1.807) is 49.0 Å². The van der Waals surface area contributed by atoms with Gasteiger partial charge in [-0.2, -0.15) is 5.10 Å². The quantitative estimate of drug-likeness (QED) is 0.694. The molecule has 1 amide bonds. The summed E-state index contributed by atoms with van der Waals surface area (Å²) in [6, 6.07) is 7.69. The number of amides is 1. The summed E-state index contributed by atoms with van der Waals surface area (Å²) >= 11 is 5.90. The van der Waals surface area contributed by atoms with Gasteiger partial charge in [-0.05, 0) is 32.0 Å². The largest absolute Gasteiger partial charge is 0.475 e. The number of benzene rings is 1. The first-order valence-electron chi connectivity index (χ1n) is 8.08. The van der Waals surface area contributed by atoms with Crippen LogP contribution in [0.25, 0.3) is 11.3 Å². The van der Waals surface area contributed by atoms with E-state index >= 15 is 0 Å². The number of hydrogen-bond donors (Lipinski definition) is 2. The van der Waals surface area contributed by atoms with E-state index in [2.05, 4.69) is 15.6 Å². The summed E-state index contributed by atoms with van der Waals surface area (Å²) < 4.78 is 6.60. The Morgan fingerprint density at radius 2 is 1.96 bits per heavy atom. The number of carbonyl (C=O) groups is 2. The van der Waals surface area contributed by atoms with Crippen molar-refractivity contribution >= 4 is 23.5 Å². The third-order valence-corrected chi connectivity index (χ3v) is 4.42. The van der Waals surface area contributed by atoms with Gasteiger partial charge in [0.05, 0.1) is 11.6 Å². The molecule has 2 aromatic heterocycles. The number of halogens is 1. The molecule has 0 bridgehead atoms. The molecule has 0 radical (unpaired) electrons. The van der Waals surface area contributed by atoms with Gasteiger partial charge in [0.25, 0.3) is 5.91 Å². The summed E-state index contributed by atoms with van der Waals surface area (Å²) in [4.78, 5) is 24.0. The van der Waals surface area contributed by atoms with Crippen molar-refractivity contribution < 1.29 is 19.2 Å². The Morgan fingerprint density at radius 1 is 1.30 bits per heavy atom. The van der Waals surface area contributed by atoms with Crippen LogP contribution in [0.4, 0.5) is 0 Å². The minimum absolute atomic E-state index is 0.239. The number of carbonyl (C=O) groups excluding carboxylic acids is 1. The second-order valence-electron chi connectivity index (χ2n) is 6.08. The van der Waals surface area contributed by atoms with Crippen LogP contribution in [-0.4, -0.2) is 31.9 Å². The standard InChI is InChI=1S/C18H17ClN4O4/c1-9-8-13(21-23(9)3)17(24)20-10(2)14-15(22-27-16(14)18(25)26)11-4-6-12(19)7-5-11/h4-8,10H,1-3H3,(H,20,24)(H,25,26). The molecule has 0 fully saturated rings. The Hall–Kier alpha value is -3.13. The molecule has 0 aliphatic heterocycles. The molecule has 0 saturated heterocycles. The number of carboxylic acids is 1. The highest BCUT2D eigenvalue weighted by Crippen LogP contribution is 2.31. The van der Waals surface area contributed by atoms with Crippen LogP contribution in [0.15, 0.2) is 34.9 Å². The van der Waals surface area contributed by atoms with Gasteiger partial charge in [0.15, 0.2) is 0 Å². The molecule has 3 aromatic rings. The molecule has 0 aliphatic rings. The molecule has 1 unspecified atom stereocenters. The number of carboxylic acid groups (broad SMARTS) is 1. The zero-order valence-corrected chi connectivity index (χ0v) is 15.6. The predicted molar refractivity (Wildman–Crippen MR) is 97.7 cm³/mol. The van der Waals surface area contributed by atoms with Crippen molar-refractivity contribution in [3.8, 4) is 11.3 Å². The fourth-order valence-electron chi connectivity index (χ4n) is 2.68. The van der Waals surface area contributed by atoms with Gasteiger partial charge in [-0.3, -0.25) is 9.48 Å². The van der Waals surface area contributed by atoms with Crippen molar-refractivity contribution in [1.29, 1.82) is 0 Å². The summed E-state index contributed by atoms with van der Waals surface area (Å²) in [6.07, 6.45) is 0. The Balaban J connectivity index is 1.96. The van der Waals surface area contributed by atoms with Gasteiger partial charge in [0, 0.05) is 23.3 Å². The van der Waals surface area contributed by atoms with Gasteiger partial charge in [-0.15, -0.1) is 0 Å². The van der Waals surface area contributed by atoms with E-state index in [4.69, 9.17) is 16.1 Å². The van der Waals surface area contributed by atoms with E-state index in [0.29, 0.717) is 16.3 Å². The Bertz CT molecular complexity index is 988. The van der Waals surface area contributed by atoms with E-state index in [1.165, 1.54) is 0 Å². The van der Waals surface area contributed by atoms with Crippen LogP contribution >= 0.6 is 11.6 Å². The molecular weight excluding hydrogens is 372 g/mol. The van der Waals surface area contributed by atoms with E-state index in [9.17, 15) is 14.7 Å². The zero-order valence-electron chi connectivity index (χ0n) is 14.9. The van der Waals surface area contributed by atoms with Crippen LogP contribution in [0.5, 0.6) is 0 Å². The average molecular weight is 389 g/mol. The highest BCUT2D eigenvalue weighted by Gasteiger charge is 2.28. The first-order valence-corrected chi connectivity index (χ1v) is 8.46. The van der Waals surface area contributed by atoms with Gasteiger partial charge >= 0.3 is 5.97 Å². The fourth-order valence-corrected chi connectivity index (χ4v) is 2.81. The van der Waals surface area contributed by atoms with Crippen LogP contribution in [0, 0.1) is 6.92 Å². The van der Waals surface area contributed by atoms with Crippen LogP contribution in [0.3, 0.4) is 0 Å². The molecular formula is C18H17ClN4O4. The first-order chi connectivity index (χ1) is 12.8. The minimum atomic E-state index is -1.27. The van der Waals surface area contributed by atoms with Crippen LogP contribution in [-0.2, 0) is 7.05 Å². The lowest BCUT2D eigenvalue weighted by Crippen LogP contribution is -2.28. The summed E-state index contributed by atoms with van der Waals surface area (Å²) in [5.41, 5.74) is 2.29. The second-order valence-corrected chi connectivity index (χ2v) is 6.51. The normalized spacial score (nSPS) is 12.0. The molecule has 8 nitrogen and oxygen atoms in total. The number of nitrogens with zero attached hydrogens (tertiary/aromatic N) is 3. The number of nitrogens with one attached hydrogen (secondary N) is 1. The molecule has 0 saturated carbocycles. The lowest BCUT2D eigenvalue weighted by atomic mass is 10.0. The fraction of sp³-hybridized carbons (Fsp3) is 0.222. The molecule has 27 heavy (non-hydrogen) atoms. The van der Waals surface area contributed by atoms with E-state index < -0.39 is 17.9 Å². The van der Waals surface area contributed by atoms with Crippen molar-refractivity contribution in [1.82, 2.24) is 20.3 Å². The molecule has 2 heterocycles. The number of aromatic nitrogens is 3. The van der Waals surface area contributed by atoms with Gasteiger partial charge < -0.3 is 14.9 Å². The highest BCUT2D eigenvalue weighted by atomic mass is 35.5. The third-order valence-electron chi connectivity index (χ3n) is 4.17. The van der Waals surface area contributed by atoms with Gasteiger partial charge in [0.2, 0.25) is 5.76 Å². The second kappa shape index (κ2) is 7.24. The van der Waals surface area contributed by atoms with Crippen LogP contribution in [0.2, 0.25) is 5.02 Å². The lowest BCUT2D eigenvalue weighted by molar-refractivity contribution is 0.0648. The van der Waals surface area contributed by atoms with Gasteiger partial charge in [-0.1, -0.05) is 28.9 Å². The maximum Gasteiger partial charge on any atom is 0.375 e. The topological polar surface area (TPSA) is 110 Å². The summed E-state index contributed by atoms with van der Waals surface area (Å²) in [6.45, 7) is 3.49. The molecule has 1 aromatic carbocycles. The minimum Gasteiger partial charge on any atom is -0.475 e. The summed E-state index contributed by atoms with van der Waals surface area (Å²) in [5.74, 6) is -2.02.